The van der Waals surface area contributed by atoms with Crippen molar-refractivity contribution in [2.45, 2.75) is 31.9 Å². The fraction of sp³-hybridized carbons (Fsp3) is 0.409. The first-order valence-electron chi connectivity index (χ1n) is 10.2. The number of hydroxylamine groups is 2. The van der Waals surface area contributed by atoms with E-state index in [-0.39, 0.29) is 18.2 Å². The van der Waals surface area contributed by atoms with Gasteiger partial charge in [-0.05, 0) is 53.9 Å². The predicted molar refractivity (Wildman–Crippen MR) is 108 cm³/mol. The van der Waals surface area contributed by atoms with E-state index in [1.165, 1.54) is 24.2 Å². The monoisotopic (exact) mass is 493 g/mol. The van der Waals surface area contributed by atoms with Crippen molar-refractivity contribution in [2.75, 3.05) is 26.7 Å². The van der Waals surface area contributed by atoms with Gasteiger partial charge in [0, 0.05) is 33.2 Å². The Labute approximate surface area is 191 Å². The number of hydrogen-bond donors (Lipinski definition) is 1. The summed E-state index contributed by atoms with van der Waals surface area (Å²) < 4.78 is 92.0. The van der Waals surface area contributed by atoms with E-state index >= 15 is 0 Å². The van der Waals surface area contributed by atoms with E-state index in [1.54, 1.807) is 13.0 Å². The summed E-state index contributed by atoms with van der Waals surface area (Å²) in [5, 5.41) is 4.50. The van der Waals surface area contributed by atoms with Gasteiger partial charge < -0.3 is 15.1 Å². The normalized spacial score (nSPS) is 17.5. The van der Waals surface area contributed by atoms with Crippen LogP contribution in [0.5, 0.6) is 0 Å². The quantitative estimate of drug-likeness (QED) is 0.588. The fourth-order valence-electron chi connectivity index (χ4n) is 3.69. The SMILES string of the molecule is Cc1cc(F)ccc1C1CNCCN1OC(=O)N(C)Cc1cc(C(F)(F)F)cc(C(F)(F)F)c1. The second kappa shape index (κ2) is 9.79. The fourth-order valence-corrected chi connectivity index (χ4v) is 3.69. The molecule has 1 aliphatic rings. The van der Waals surface area contributed by atoms with E-state index in [9.17, 15) is 35.5 Å². The first kappa shape index (κ1) is 25.8. The minimum absolute atomic E-state index is 0.0260. The molecule has 1 fully saturated rings. The average molecular weight is 493 g/mol. The highest BCUT2D eigenvalue weighted by Gasteiger charge is 2.37. The maximum atomic E-state index is 13.5. The molecule has 5 nitrogen and oxygen atoms in total. The van der Waals surface area contributed by atoms with E-state index < -0.39 is 48.0 Å². The van der Waals surface area contributed by atoms with Crippen LogP contribution in [0.25, 0.3) is 0 Å². The van der Waals surface area contributed by atoms with Crippen molar-refractivity contribution in [1.82, 2.24) is 15.3 Å². The summed E-state index contributed by atoms with van der Waals surface area (Å²) in [6.07, 6.45) is -10.9. The predicted octanol–water partition coefficient (Wildman–Crippen LogP) is 5.30. The topological polar surface area (TPSA) is 44.8 Å². The molecule has 0 radical (unpaired) electrons. The summed E-state index contributed by atoms with van der Waals surface area (Å²) in [5.74, 6) is -0.424. The van der Waals surface area contributed by atoms with Crippen molar-refractivity contribution >= 4 is 6.09 Å². The number of nitrogens with one attached hydrogen (secondary N) is 1. The molecule has 0 aliphatic carbocycles. The Morgan fingerprint density at radius 2 is 1.71 bits per heavy atom. The van der Waals surface area contributed by atoms with Gasteiger partial charge in [-0.1, -0.05) is 6.07 Å². The smallest absolute Gasteiger partial charge is 0.350 e. The van der Waals surface area contributed by atoms with Crippen molar-refractivity contribution in [3.8, 4) is 0 Å². The Kier molecular flexibility index (Phi) is 7.41. The summed E-state index contributed by atoms with van der Waals surface area (Å²) in [4.78, 5) is 18.9. The number of alkyl halides is 6. The highest BCUT2D eigenvalue weighted by molar-refractivity contribution is 5.67. The third-order valence-corrected chi connectivity index (χ3v) is 5.36. The zero-order valence-corrected chi connectivity index (χ0v) is 18.2. The lowest BCUT2D eigenvalue weighted by Crippen LogP contribution is -2.48. The Balaban J connectivity index is 1.77. The van der Waals surface area contributed by atoms with E-state index in [0.29, 0.717) is 36.3 Å². The molecular formula is C22H22F7N3O2. The molecule has 1 N–H and O–H groups in total. The molecule has 3 rings (SSSR count). The van der Waals surface area contributed by atoms with Crippen LogP contribution in [0.3, 0.4) is 0 Å². The number of amides is 1. The van der Waals surface area contributed by atoms with E-state index in [4.69, 9.17) is 4.84 Å². The second-order valence-electron chi connectivity index (χ2n) is 7.99. The van der Waals surface area contributed by atoms with Crippen molar-refractivity contribution in [1.29, 1.82) is 0 Å². The highest BCUT2D eigenvalue weighted by Crippen LogP contribution is 2.36. The first-order valence-corrected chi connectivity index (χ1v) is 10.2. The summed E-state index contributed by atoms with van der Waals surface area (Å²) in [6.45, 7) is 2.27. The summed E-state index contributed by atoms with van der Waals surface area (Å²) in [6, 6.07) is 4.86. The molecule has 1 aliphatic heterocycles. The molecule has 0 saturated carbocycles. The molecule has 1 heterocycles. The lowest BCUT2D eigenvalue weighted by atomic mass is 9.99. The summed E-state index contributed by atoms with van der Waals surface area (Å²) >= 11 is 0. The van der Waals surface area contributed by atoms with E-state index in [0.717, 1.165) is 4.90 Å². The lowest BCUT2D eigenvalue weighted by Gasteiger charge is -2.36. The van der Waals surface area contributed by atoms with Crippen LogP contribution in [0.15, 0.2) is 36.4 Å². The molecule has 12 heteroatoms. The van der Waals surface area contributed by atoms with Crippen LogP contribution >= 0.6 is 0 Å². The average Bonchev–Trinajstić information content (AvgIpc) is 2.73. The van der Waals surface area contributed by atoms with Crippen LogP contribution in [0.4, 0.5) is 35.5 Å². The van der Waals surface area contributed by atoms with Gasteiger partial charge in [-0.2, -0.15) is 26.3 Å². The minimum Gasteiger partial charge on any atom is -0.350 e. The van der Waals surface area contributed by atoms with Crippen LogP contribution in [-0.4, -0.2) is 42.7 Å². The Bertz CT molecular complexity index is 1010. The number of hydrogen-bond acceptors (Lipinski definition) is 4. The highest BCUT2D eigenvalue weighted by atomic mass is 19.4. The van der Waals surface area contributed by atoms with Gasteiger partial charge in [-0.3, -0.25) is 0 Å². The largest absolute Gasteiger partial charge is 0.428 e. The molecule has 0 bridgehead atoms. The van der Waals surface area contributed by atoms with Gasteiger partial charge in [-0.15, -0.1) is 5.06 Å². The Morgan fingerprint density at radius 3 is 2.26 bits per heavy atom. The summed E-state index contributed by atoms with van der Waals surface area (Å²) in [5.41, 5.74) is -1.95. The molecule has 1 unspecified atom stereocenters. The van der Waals surface area contributed by atoms with Crippen LogP contribution in [0.1, 0.15) is 33.9 Å². The number of nitrogens with zero attached hydrogens (tertiary/aromatic N) is 2. The maximum absolute atomic E-state index is 13.5. The number of rotatable bonds is 4. The molecule has 0 spiro atoms. The zero-order valence-electron chi connectivity index (χ0n) is 18.2. The molecule has 186 valence electrons. The van der Waals surface area contributed by atoms with E-state index in [2.05, 4.69) is 5.32 Å². The molecular weight excluding hydrogens is 471 g/mol. The number of aryl methyl sites for hydroxylation is 1. The Morgan fingerprint density at radius 1 is 1.09 bits per heavy atom. The third-order valence-electron chi connectivity index (χ3n) is 5.36. The first-order chi connectivity index (χ1) is 15.8. The maximum Gasteiger partial charge on any atom is 0.428 e. The summed E-state index contributed by atoms with van der Waals surface area (Å²) in [7, 11) is 1.20. The van der Waals surface area contributed by atoms with Crippen molar-refractivity contribution in [3.05, 3.63) is 70.0 Å². The molecule has 1 amide bonds. The molecule has 1 atom stereocenters. The Hall–Kier alpha value is -2.86. The number of halogens is 7. The molecule has 1 saturated heterocycles. The van der Waals surface area contributed by atoms with Crippen molar-refractivity contribution in [3.63, 3.8) is 0 Å². The molecule has 0 aromatic heterocycles. The number of piperazine rings is 1. The van der Waals surface area contributed by atoms with Gasteiger partial charge >= 0.3 is 18.4 Å². The van der Waals surface area contributed by atoms with Crippen molar-refractivity contribution in [2.24, 2.45) is 0 Å². The van der Waals surface area contributed by atoms with Gasteiger partial charge in [0.25, 0.3) is 0 Å². The third kappa shape index (κ3) is 6.17. The lowest BCUT2D eigenvalue weighted by molar-refractivity contribution is -0.150. The van der Waals surface area contributed by atoms with Gasteiger partial charge in [0.15, 0.2) is 0 Å². The van der Waals surface area contributed by atoms with Gasteiger partial charge in [-0.25, -0.2) is 9.18 Å². The molecule has 2 aromatic carbocycles. The van der Waals surface area contributed by atoms with E-state index in [1.807, 2.05) is 0 Å². The van der Waals surface area contributed by atoms with Gasteiger partial charge in [0.1, 0.15) is 5.82 Å². The molecule has 2 aromatic rings. The van der Waals surface area contributed by atoms with Crippen LogP contribution in [0.2, 0.25) is 0 Å². The second-order valence-corrected chi connectivity index (χ2v) is 7.99. The minimum atomic E-state index is -4.99. The molecule has 34 heavy (non-hydrogen) atoms. The van der Waals surface area contributed by atoms with Gasteiger partial charge in [0.05, 0.1) is 17.2 Å². The van der Waals surface area contributed by atoms with Crippen LogP contribution < -0.4 is 5.32 Å². The standard InChI is InChI=1S/C22H22F7N3O2/c1-13-7-17(23)3-4-18(13)19-11-30-5-6-32(19)34-20(33)31(2)12-14-8-15(21(24,25)26)10-16(9-14)22(27,28)29/h3-4,7-10,19,30H,5-6,11-12H2,1-2H3. The van der Waals surface area contributed by atoms with Crippen LogP contribution in [-0.2, 0) is 23.7 Å². The van der Waals surface area contributed by atoms with Gasteiger partial charge in [0.2, 0.25) is 0 Å². The number of carbonyl (C=O) groups is 1. The van der Waals surface area contributed by atoms with Crippen LogP contribution in [0, 0.1) is 12.7 Å². The zero-order chi connectivity index (χ0) is 25.3. The number of benzene rings is 2. The van der Waals surface area contributed by atoms with Crippen molar-refractivity contribution < 1.29 is 40.4 Å². The number of carbonyl (C=O) groups excluding carboxylic acids is 1.